The third-order valence-electron chi connectivity index (χ3n) is 5.99. The third-order valence-corrected chi connectivity index (χ3v) is 5.99. The summed E-state index contributed by atoms with van der Waals surface area (Å²) in [5.41, 5.74) is 9.06. The molecule has 0 radical (unpaired) electrons. The highest BCUT2D eigenvalue weighted by molar-refractivity contribution is 5.90. The summed E-state index contributed by atoms with van der Waals surface area (Å²) in [6.07, 6.45) is 4.72. The summed E-state index contributed by atoms with van der Waals surface area (Å²) in [7, 11) is 4.06. The first-order valence-electron chi connectivity index (χ1n) is 10.8. The summed E-state index contributed by atoms with van der Waals surface area (Å²) in [5.74, 6) is 2.41. The predicted molar refractivity (Wildman–Crippen MR) is 126 cm³/mol. The van der Waals surface area contributed by atoms with E-state index in [1.54, 1.807) is 0 Å². The van der Waals surface area contributed by atoms with Crippen LogP contribution in [0.2, 0.25) is 0 Å². The lowest BCUT2D eigenvalue weighted by molar-refractivity contribution is 0.324. The van der Waals surface area contributed by atoms with Gasteiger partial charge >= 0.3 is 0 Å². The molecule has 2 aromatic carbocycles. The van der Waals surface area contributed by atoms with E-state index in [4.69, 9.17) is 15.7 Å². The second kappa shape index (κ2) is 9.30. The van der Waals surface area contributed by atoms with Crippen molar-refractivity contribution in [2.24, 2.45) is 5.92 Å². The van der Waals surface area contributed by atoms with Crippen LogP contribution < -0.4 is 21.3 Å². The van der Waals surface area contributed by atoms with E-state index in [0.29, 0.717) is 12.0 Å². The minimum Gasteiger partial charge on any atom is -0.398 e. The smallest absolute Gasteiger partial charge is 0.225 e. The molecule has 1 aliphatic carbocycles. The van der Waals surface area contributed by atoms with Crippen molar-refractivity contribution in [2.45, 2.75) is 38.3 Å². The highest BCUT2D eigenvalue weighted by atomic mass is 15.2. The van der Waals surface area contributed by atoms with Gasteiger partial charge in [-0.2, -0.15) is 4.98 Å². The van der Waals surface area contributed by atoms with Crippen molar-refractivity contribution in [2.75, 3.05) is 36.6 Å². The van der Waals surface area contributed by atoms with Crippen LogP contribution in [-0.4, -0.2) is 36.6 Å². The van der Waals surface area contributed by atoms with Crippen molar-refractivity contribution in [1.82, 2.24) is 15.3 Å². The normalized spacial score (nSPS) is 19.0. The van der Waals surface area contributed by atoms with Gasteiger partial charge in [-0.1, -0.05) is 30.3 Å². The van der Waals surface area contributed by atoms with Crippen LogP contribution in [0.1, 0.15) is 31.2 Å². The topological polar surface area (TPSA) is 79.1 Å². The van der Waals surface area contributed by atoms with Crippen LogP contribution in [0, 0.1) is 5.92 Å². The molecular weight excluding hydrogens is 372 g/mol. The Kier molecular flexibility index (Phi) is 6.33. The van der Waals surface area contributed by atoms with E-state index in [1.165, 1.54) is 18.4 Å². The molecular formula is C24H32N6. The monoisotopic (exact) mass is 404 g/mol. The summed E-state index contributed by atoms with van der Waals surface area (Å²) in [6.45, 7) is 1.88. The van der Waals surface area contributed by atoms with Gasteiger partial charge in [0.05, 0.1) is 5.52 Å². The molecule has 6 nitrogen and oxygen atoms in total. The second-order valence-electron chi connectivity index (χ2n) is 8.47. The maximum atomic E-state index is 6.03. The van der Waals surface area contributed by atoms with Crippen molar-refractivity contribution in [3.8, 4) is 0 Å². The van der Waals surface area contributed by atoms with E-state index in [0.717, 1.165) is 54.3 Å². The fraction of sp³-hybridized carbons (Fsp3) is 0.417. The summed E-state index contributed by atoms with van der Waals surface area (Å²) < 4.78 is 0. The van der Waals surface area contributed by atoms with Gasteiger partial charge in [0, 0.05) is 37.8 Å². The van der Waals surface area contributed by atoms with Crippen molar-refractivity contribution in [1.29, 1.82) is 0 Å². The molecule has 1 aromatic heterocycles. The van der Waals surface area contributed by atoms with Gasteiger partial charge < -0.3 is 21.3 Å². The van der Waals surface area contributed by atoms with Gasteiger partial charge in [0.15, 0.2) is 0 Å². The van der Waals surface area contributed by atoms with Crippen molar-refractivity contribution >= 4 is 28.4 Å². The van der Waals surface area contributed by atoms with Gasteiger partial charge in [-0.05, 0) is 61.9 Å². The number of anilines is 3. The van der Waals surface area contributed by atoms with E-state index < -0.39 is 0 Å². The second-order valence-corrected chi connectivity index (χ2v) is 8.47. The van der Waals surface area contributed by atoms with E-state index in [-0.39, 0.29) is 0 Å². The van der Waals surface area contributed by atoms with E-state index in [2.05, 4.69) is 33.7 Å². The number of nitrogens with two attached hydrogens (primary N) is 1. The zero-order valence-electron chi connectivity index (χ0n) is 17.9. The van der Waals surface area contributed by atoms with E-state index in [9.17, 15) is 0 Å². The fourth-order valence-electron chi connectivity index (χ4n) is 4.26. The molecule has 0 unspecified atom stereocenters. The highest BCUT2D eigenvalue weighted by Gasteiger charge is 2.22. The van der Waals surface area contributed by atoms with E-state index >= 15 is 0 Å². The number of aromatic nitrogens is 2. The first-order valence-corrected chi connectivity index (χ1v) is 10.8. The summed E-state index contributed by atoms with van der Waals surface area (Å²) in [6, 6.07) is 16.7. The highest BCUT2D eigenvalue weighted by Crippen LogP contribution is 2.28. The Hall–Kier alpha value is -2.86. The number of nitrogens with one attached hydrogen (secondary N) is 2. The number of benzene rings is 2. The Bertz CT molecular complexity index is 978. The molecule has 3 aromatic rings. The molecule has 1 heterocycles. The van der Waals surface area contributed by atoms with Gasteiger partial charge in [-0.25, -0.2) is 4.98 Å². The number of nitrogens with zero attached hydrogens (tertiary/aromatic N) is 3. The Morgan fingerprint density at radius 1 is 0.967 bits per heavy atom. The van der Waals surface area contributed by atoms with E-state index in [1.807, 2.05) is 44.4 Å². The Labute approximate surface area is 178 Å². The molecule has 0 saturated heterocycles. The molecule has 0 spiro atoms. The molecule has 158 valence electrons. The number of fused-ring (bicyclic) bond motifs is 1. The Balaban J connectivity index is 1.30. The lowest BCUT2D eigenvalue weighted by Gasteiger charge is -2.29. The minimum atomic E-state index is 0.433. The van der Waals surface area contributed by atoms with Crippen LogP contribution in [0.15, 0.2) is 48.5 Å². The molecule has 0 aliphatic heterocycles. The lowest BCUT2D eigenvalue weighted by atomic mass is 9.86. The standard InChI is InChI=1S/C24H32N6/c1-30(2)23-20-8-4-6-10-22(20)28-24(29-23)27-19-13-11-17(12-14-19)15-26-16-18-7-3-5-9-21(18)25/h3-10,17,19,26H,11-16,25H2,1-2H3,(H,27,28,29)/t17-,19+. The van der Waals surface area contributed by atoms with Crippen LogP contribution in [0.4, 0.5) is 17.5 Å². The van der Waals surface area contributed by atoms with Crippen LogP contribution in [0.3, 0.4) is 0 Å². The number of hydrogen-bond donors (Lipinski definition) is 3. The first kappa shape index (κ1) is 20.4. The van der Waals surface area contributed by atoms with Crippen LogP contribution in [-0.2, 0) is 6.54 Å². The molecule has 0 amide bonds. The van der Waals surface area contributed by atoms with Crippen LogP contribution in [0.5, 0.6) is 0 Å². The van der Waals surface area contributed by atoms with Gasteiger partial charge in [-0.3, -0.25) is 0 Å². The Morgan fingerprint density at radius 3 is 2.47 bits per heavy atom. The van der Waals surface area contributed by atoms with Crippen molar-refractivity contribution in [3.63, 3.8) is 0 Å². The molecule has 30 heavy (non-hydrogen) atoms. The maximum absolute atomic E-state index is 6.03. The average Bonchev–Trinajstić information content (AvgIpc) is 2.75. The quantitative estimate of drug-likeness (QED) is 0.516. The number of nitrogen functional groups attached to an aromatic ring is 1. The predicted octanol–water partition coefficient (Wildman–Crippen LogP) is 4.04. The molecule has 0 bridgehead atoms. The van der Waals surface area contributed by atoms with Gasteiger partial charge in [0.25, 0.3) is 0 Å². The third kappa shape index (κ3) is 4.82. The molecule has 4 rings (SSSR count). The van der Waals surface area contributed by atoms with Crippen molar-refractivity contribution < 1.29 is 0 Å². The first-order chi connectivity index (χ1) is 14.6. The summed E-state index contributed by atoms with van der Waals surface area (Å²) in [4.78, 5) is 11.6. The van der Waals surface area contributed by atoms with Gasteiger partial charge in [-0.15, -0.1) is 0 Å². The SMILES string of the molecule is CN(C)c1nc(N[C@H]2CC[C@@H](CNCc3ccccc3N)CC2)nc2ccccc12. The molecule has 0 atom stereocenters. The largest absolute Gasteiger partial charge is 0.398 e. The molecule has 6 heteroatoms. The molecule has 1 fully saturated rings. The number of rotatable bonds is 7. The molecule has 1 saturated carbocycles. The van der Waals surface area contributed by atoms with Gasteiger partial charge in [0.1, 0.15) is 5.82 Å². The Morgan fingerprint density at radius 2 is 1.70 bits per heavy atom. The fourth-order valence-corrected chi connectivity index (χ4v) is 4.26. The summed E-state index contributed by atoms with van der Waals surface area (Å²) in [5, 5.41) is 8.26. The molecule has 1 aliphatic rings. The maximum Gasteiger partial charge on any atom is 0.225 e. The zero-order chi connectivity index (χ0) is 20.9. The number of para-hydroxylation sites is 2. The average molecular weight is 405 g/mol. The summed E-state index contributed by atoms with van der Waals surface area (Å²) >= 11 is 0. The van der Waals surface area contributed by atoms with Crippen molar-refractivity contribution in [3.05, 3.63) is 54.1 Å². The van der Waals surface area contributed by atoms with Crippen LogP contribution >= 0.6 is 0 Å². The zero-order valence-corrected chi connectivity index (χ0v) is 17.9. The molecule has 4 N–H and O–H groups in total. The number of hydrogen-bond acceptors (Lipinski definition) is 6. The van der Waals surface area contributed by atoms with Crippen LogP contribution in [0.25, 0.3) is 10.9 Å². The lowest BCUT2D eigenvalue weighted by Crippen LogP contribution is -2.31. The van der Waals surface area contributed by atoms with Gasteiger partial charge in [0.2, 0.25) is 5.95 Å². The minimum absolute atomic E-state index is 0.433.